The van der Waals surface area contributed by atoms with E-state index in [1.54, 1.807) is 6.07 Å². The number of hydrogen-bond donors (Lipinski definition) is 1. The molecule has 0 bridgehead atoms. The molecular weight excluding hydrogens is 277 g/mol. The lowest BCUT2D eigenvalue weighted by atomic mass is 10.4. The first kappa shape index (κ1) is 11.7. The van der Waals surface area contributed by atoms with Gasteiger partial charge in [-0.3, -0.25) is 0 Å². The van der Waals surface area contributed by atoms with Gasteiger partial charge in [0.1, 0.15) is 5.82 Å². The van der Waals surface area contributed by atoms with Crippen LogP contribution < -0.4 is 5.32 Å². The van der Waals surface area contributed by atoms with Gasteiger partial charge in [-0.2, -0.15) is 0 Å². The smallest absolute Gasteiger partial charge is 0.262 e. The number of anilines is 1. The Kier molecular flexibility index (Phi) is 3.66. The van der Waals surface area contributed by atoms with E-state index < -0.39 is 12.5 Å². The van der Waals surface area contributed by atoms with E-state index in [2.05, 4.69) is 26.2 Å². The molecule has 1 aromatic heterocycles. The fourth-order valence-electron chi connectivity index (χ4n) is 0.784. The fourth-order valence-corrected chi connectivity index (χ4v) is 1.48. The van der Waals surface area contributed by atoms with Crippen LogP contribution in [0.5, 0.6) is 0 Å². The molecule has 0 aromatic carbocycles. The summed E-state index contributed by atoms with van der Waals surface area (Å²) in [5, 5.41) is 2.78. The lowest BCUT2D eigenvalue weighted by Crippen LogP contribution is -2.23. The van der Waals surface area contributed by atoms with Crippen LogP contribution in [-0.4, -0.2) is 17.5 Å². The molecule has 0 radical (unpaired) electrons. The lowest BCUT2D eigenvalue weighted by molar-refractivity contribution is 0.0367. The van der Waals surface area contributed by atoms with Gasteiger partial charge in [0.25, 0.3) is 5.92 Å². The predicted molar refractivity (Wildman–Crippen MR) is 56.1 cm³/mol. The van der Waals surface area contributed by atoms with Crippen molar-refractivity contribution >= 4 is 33.3 Å². The lowest BCUT2D eigenvalue weighted by Gasteiger charge is -2.12. The summed E-state index contributed by atoms with van der Waals surface area (Å²) in [5.74, 6) is -2.52. The molecular formula is C8H8BrClF2N2. The van der Waals surface area contributed by atoms with E-state index in [4.69, 9.17) is 11.6 Å². The number of hydrogen-bond acceptors (Lipinski definition) is 2. The summed E-state index contributed by atoms with van der Waals surface area (Å²) in [4.78, 5) is 3.86. The summed E-state index contributed by atoms with van der Waals surface area (Å²) in [6.07, 6.45) is 1.49. The number of nitrogens with one attached hydrogen (secondary N) is 1. The topological polar surface area (TPSA) is 24.9 Å². The monoisotopic (exact) mass is 284 g/mol. The molecule has 0 spiro atoms. The van der Waals surface area contributed by atoms with Crippen LogP contribution in [-0.2, 0) is 0 Å². The van der Waals surface area contributed by atoms with Gasteiger partial charge in [0.15, 0.2) is 0 Å². The Morgan fingerprint density at radius 1 is 1.64 bits per heavy atom. The van der Waals surface area contributed by atoms with Crippen LogP contribution in [0.2, 0.25) is 5.02 Å². The number of rotatable bonds is 3. The molecule has 0 atom stereocenters. The Labute approximate surface area is 93.8 Å². The third-order valence-corrected chi connectivity index (χ3v) is 2.10. The van der Waals surface area contributed by atoms with E-state index in [1.807, 2.05) is 0 Å². The molecule has 78 valence electrons. The van der Waals surface area contributed by atoms with Crippen LogP contribution in [0.15, 0.2) is 16.7 Å². The SMILES string of the molecule is CC(F)(F)CNc1ncc(Br)cc1Cl. The molecule has 1 rings (SSSR count). The van der Waals surface area contributed by atoms with E-state index in [0.29, 0.717) is 9.50 Å². The van der Waals surface area contributed by atoms with Crippen LogP contribution in [0.4, 0.5) is 14.6 Å². The number of aromatic nitrogens is 1. The van der Waals surface area contributed by atoms with Gasteiger partial charge >= 0.3 is 0 Å². The van der Waals surface area contributed by atoms with E-state index >= 15 is 0 Å². The Hall–Kier alpha value is -0.420. The molecule has 0 aliphatic rings. The Balaban J connectivity index is 2.68. The molecule has 14 heavy (non-hydrogen) atoms. The highest BCUT2D eigenvalue weighted by Crippen LogP contribution is 2.23. The zero-order valence-corrected chi connectivity index (χ0v) is 9.66. The molecule has 6 heteroatoms. The molecule has 0 fully saturated rings. The molecule has 0 unspecified atom stereocenters. The maximum Gasteiger partial charge on any atom is 0.262 e. The average molecular weight is 286 g/mol. The van der Waals surface area contributed by atoms with Crippen molar-refractivity contribution in [2.45, 2.75) is 12.8 Å². The van der Waals surface area contributed by atoms with Crippen molar-refractivity contribution in [2.24, 2.45) is 0 Å². The van der Waals surface area contributed by atoms with Gasteiger partial charge in [-0.1, -0.05) is 11.6 Å². The summed E-state index contributed by atoms with van der Waals surface area (Å²) in [5.41, 5.74) is 0. The molecule has 1 N–H and O–H groups in total. The van der Waals surface area contributed by atoms with Crippen LogP contribution in [0, 0.1) is 0 Å². The average Bonchev–Trinajstić information content (AvgIpc) is 2.00. The zero-order chi connectivity index (χ0) is 10.8. The zero-order valence-electron chi connectivity index (χ0n) is 7.32. The highest BCUT2D eigenvalue weighted by atomic mass is 79.9. The summed E-state index contributed by atoms with van der Waals surface area (Å²) in [6.45, 7) is 0.341. The van der Waals surface area contributed by atoms with Crippen molar-refractivity contribution in [1.82, 2.24) is 4.98 Å². The van der Waals surface area contributed by atoms with E-state index in [1.165, 1.54) is 6.20 Å². The van der Waals surface area contributed by atoms with Crippen molar-refractivity contribution in [3.8, 4) is 0 Å². The van der Waals surface area contributed by atoms with Crippen LogP contribution in [0.1, 0.15) is 6.92 Å². The number of pyridine rings is 1. The third kappa shape index (κ3) is 3.75. The second kappa shape index (κ2) is 4.40. The van der Waals surface area contributed by atoms with Gasteiger partial charge in [-0.15, -0.1) is 0 Å². The van der Waals surface area contributed by atoms with E-state index in [9.17, 15) is 8.78 Å². The number of nitrogens with zero attached hydrogens (tertiary/aromatic N) is 1. The normalized spacial score (nSPS) is 11.5. The predicted octanol–water partition coefficient (Wildman–Crippen LogP) is 3.56. The second-order valence-corrected chi connectivity index (χ2v) is 4.23. The first-order chi connectivity index (χ1) is 6.38. The maximum atomic E-state index is 12.5. The van der Waals surface area contributed by atoms with E-state index in [-0.39, 0.29) is 5.82 Å². The van der Waals surface area contributed by atoms with Crippen LogP contribution >= 0.6 is 27.5 Å². The van der Waals surface area contributed by atoms with Gasteiger partial charge in [-0.05, 0) is 22.0 Å². The first-order valence-electron chi connectivity index (χ1n) is 3.81. The van der Waals surface area contributed by atoms with Crippen molar-refractivity contribution in [2.75, 3.05) is 11.9 Å². The highest BCUT2D eigenvalue weighted by Gasteiger charge is 2.21. The summed E-state index contributed by atoms with van der Waals surface area (Å²) in [7, 11) is 0. The molecule has 0 aliphatic carbocycles. The van der Waals surface area contributed by atoms with Crippen molar-refractivity contribution in [3.63, 3.8) is 0 Å². The van der Waals surface area contributed by atoms with Gasteiger partial charge in [0.05, 0.1) is 11.6 Å². The largest absolute Gasteiger partial charge is 0.363 e. The standard InChI is InChI=1S/C8H8BrClF2N2/c1-8(11,12)4-14-7-6(10)2-5(9)3-13-7/h2-3H,4H2,1H3,(H,13,14). The summed E-state index contributed by atoms with van der Waals surface area (Å²) in [6, 6.07) is 1.59. The quantitative estimate of drug-likeness (QED) is 0.918. The van der Waals surface area contributed by atoms with Crippen LogP contribution in [0.3, 0.4) is 0 Å². The van der Waals surface area contributed by atoms with Gasteiger partial charge in [0, 0.05) is 17.6 Å². The third-order valence-electron chi connectivity index (χ3n) is 1.37. The minimum Gasteiger partial charge on any atom is -0.363 e. The molecule has 0 amide bonds. The Morgan fingerprint density at radius 2 is 2.29 bits per heavy atom. The number of halogens is 4. The molecule has 0 aliphatic heterocycles. The van der Waals surface area contributed by atoms with Crippen LogP contribution in [0.25, 0.3) is 0 Å². The van der Waals surface area contributed by atoms with Crippen molar-refractivity contribution < 1.29 is 8.78 Å². The fraction of sp³-hybridized carbons (Fsp3) is 0.375. The summed E-state index contributed by atoms with van der Waals surface area (Å²) < 4.78 is 25.7. The van der Waals surface area contributed by atoms with E-state index in [0.717, 1.165) is 6.92 Å². The minimum atomic E-state index is -2.78. The second-order valence-electron chi connectivity index (χ2n) is 2.91. The number of alkyl halides is 2. The van der Waals surface area contributed by atoms with Crippen molar-refractivity contribution in [1.29, 1.82) is 0 Å². The Morgan fingerprint density at radius 3 is 2.79 bits per heavy atom. The first-order valence-corrected chi connectivity index (χ1v) is 4.98. The molecule has 1 aromatic rings. The Bertz CT molecular complexity index is 328. The molecule has 1 heterocycles. The van der Waals surface area contributed by atoms with Gasteiger partial charge < -0.3 is 5.32 Å². The molecule has 0 saturated heterocycles. The molecule has 0 saturated carbocycles. The van der Waals surface area contributed by atoms with Crippen molar-refractivity contribution in [3.05, 3.63) is 21.8 Å². The van der Waals surface area contributed by atoms with Gasteiger partial charge in [-0.25, -0.2) is 13.8 Å². The maximum absolute atomic E-state index is 12.5. The summed E-state index contributed by atoms with van der Waals surface area (Å²) >= 11 is 8.92. The van der Waals surface area contributed by atoms with Gasteiger partial charge in [0.2, 0.25) is 0 Å². The minimum absolute atomic E-state index is 0.261. The highest BCUT2D eigenvalue weighted by molar-refractivity contribution is 9.10. The molecule has 2 nitrogen and oxygen atoms in total.